The van der Waals surface area contributed by atoms with Crippen molar-refractivity contribution in [3.05, 3.63) is 21.9 Å². The molecule has 1 aromatic heterocycles. The molecule has 21 heavy (non-hydrogen) atoms. The van der Waals surface area contributed by atoms with Crippen molar-refractivity contribution < 1.29 is 4.79 Å². The Bertz CT molecular complexity index is 491. The molecular weight excluding hydrogens is 280 g/mol. The Hall–Kier alpha value is -0.870. The number of nitrogens with zero attached hydrogens (tertiary/aromatic N) is 1. The predicted octanol–water partition coefficient (Wildman–Crippen LogP) is 3.70. The lowest BCUT2D eigenvalue weighted by atomic mass is 9.81. The van der Waals surface area contributed by atoms with Crippen molar-refractivity contribution in [2.75, 3.05) is 13.1 Å². The third-order valence-corrected chi connectivity index (χ3v) is 6.08. The van der Waals surface area contributed by atoms with Gasteiger partial charge in [0.15, 0.2) is 0 Å². The summed E-state index contributed by atoms with van der Waals surface area (Å²) in [6.07, 6.45) is 6.70. The van der Waals surface area contributed by atoms with E-state index in [4.69, 9.17) is 0 Å². The van der Waals surface area contributed by atoms with E-state index in [0.717, 1.165) is 18.4 Å². The van der Waals surface area contributed by atoms with E-state index in [1.165, 1.54) is 41.9 Å². The maximum atomic E-state index is 12.2. The Balaban J connectivity index is 1.58. The van der Waals surface area contributed by atoms with Crippen LogP contribution in [0.15, 0.2) is 12.1 Å². The summed E-state index contributed by atoms with van der Waals surface area (Å²) in [7, 11) is 0. The summed E-state index contributed by atoms with van der Waals surface area (Å²) in [6.45, 7) is 5.88. The first kappa shape index (κ1) is 15.0. The molecule has 2 aliphatic rings. The Labute approximate surface area is 131 Å². The van der Waals surface area contributed by atoms with Crippen molar-refractivity contribution in [3.63, 3.8) is 0 Å². The maximum Gasteiger partial charge on any atom is 0.238 e. The molecule has 2 fully saturated rings. The van der Waals surface area contributed by atoms with Gasteiger partial charge in [-0.2, -0.15) is 0 Å². The molecule has 3 nitrogen and oxygen atoms in total. The van der Waals surface area contributed by atoms with E-state index < -0.39 is 0 Å². The molecule has 1 N–H and O–H groups in total. The van der Waals surface area contributed by atoms with Crippen molar-refractivity contribution >= 4 is 17.2 Å². The van der Waals surface area contributed by atoms with Crippen LogP contribution >= 0.6 is 11.3 Å². The van der Waals surface area contributed by atoms with Gasteiger partial charge < -0.3 is 4.90 Å². The van der Waals surface area contributed by atoms with Crippen molar-refractivity contribution in [3.8, 4) is 0 Å². The summed E-state index contributed by atoms with van der Waals surface area (Å²) in [5, 5.41) is 3.37. The van der Waals surface area contributed by atoms with Crippen LogP contribution in [0.4, 0.5) is 0 Å². The van der Waals surface area contributed by atoms with Crippen molar-refractivity contribution in [2.24, 2.45) is 11.8 Å². The van der Waals surface area contributed by atoms with Gasteiger partial charge in [0.1, 0.15) is 6.17 Å². The monoisotopic (exact) mass is 306 g/mol. The number of hydrogen-bond donors (Lipinski definition) is 1. The van der Waals surface area contributed by atoms with Crippen LogP contribution < -0.4 is 5.32 Å². The van der Waals surface area contributed by atoms with Gasteiger partial charge >= 0.3 is 0 Å². The highest BCUT2D eigenvalue weighted by molar-refractivity contribution is 7.12. The van der Waals surface area contributed by atoms with Gasteiger partial charge in [0.2, 0.25) is 5.91 Å². The van der Waals surface area contributed by atoms with Gasteiger partial charge in [0.25, 0.3) is 0 Å². The maximum absolute atomic E-state index is 12.2. The fourth-order valence-corrected chi connectivity index (χ4v) is 4.55. The van der Waals surface area contributed by atoms with E-state index in [1.54, 1.807) is 11.3 Å². The van der Waals surface area contributed by atoms with E-state index in [1.807, 2.05) is 0 Å². The zero-order valence-corrected chi connectivity index (χ0v) is 13.9. The van der Waals surface area contributed by atoms with Gasteiger partial charge in [-0.05, 0) is 37.3 Å². The lowest BCUT2D eigenvalue weighted by Crippen LogP contribution is -2.32. The summed E-state index contributed by atoms with van der Waals surface area (Å²) in [4.78, 5) is 16.8. The molecule has 3 rings (SSSR count). The molecule has 0 bridgehead atoms. The summed E-state index contributed by atoms with van der Waals surface area (Å²) in [5.74, 6) is 1.98. The SMILES string of the molecule is Cc1ccc(C2NCC(=O)N2CCC2CCC(C)CC2)s1. The van der Waals surface area contributed by atoms with Crippen molar-refractivity contribution in [2.45, 2.75) is 52.1 Å². The van der Waals surface area contributed by atoms with E-state index in [9.17, 15) is 4.79 Å². The standard InChI is InChI=1S/C17H26N2OS/c1-12-3-6-14(7-4-12)9-10-19-16(20)11-18-17(19)15-8-5-13(2)21-15/h5,8,12,14,17-18H,3-4,6-7,9-11H2,1-2H3. The molecular formula is C17H26N2OS. The third-order valence-electron chi connectivity index (χ3n) is 5.02. The van der Waals surface area contributed by atoms with Crippen molar-refractivity contribution in [1.82, 2.24) is 10.2 Å². The smallest absolute Gasteiger partial charge is 0.238 e. The zero-order valence-electron chi connectivity index (χ0n) is 13.1. The second-order valence-electron chi connectivity index (χ2n) is 6.73. The normalized spacial score (nSPS) is 30.1. The quantitative estimate of drug-likeness (QED) is 0.920. The first-order valence-corrected chi connectivity index (χ1v) is 9.04. The summed E-state index contributed by atoms with van der Waals surface area (Å²) < 4.78 is 0. The molecule has 0 spiro atoms. The summed E-state index contributed by atoms with van der Waals surface area (Å²) in [6, 6.07) is 4.30. The number of hydrogen-bond acceptors (Lipinski definition) is 3. The highest BCUT2D eigenvalue weighted by atomic mass is 32.1. The fourth-order valence-electron chi connectivity index (χ4n) is 3.59. The molecule has 116 valence electrons. The van der Waals surface area contributed by atoms with E-state index in [0.29, 0.717) is 6.54 Å². The molecule has 4 heteroatoms. The van der Waals surface area contributed by atoms with E-state index in [2.05, 4.69) is 36.2 Å². The van der Waals surface area contributed by atoms with Gasteiger partial charge in [0, 0.05) is 16.3 Å². The van der Waals surface area contributed by atoms with Crippen molar-refractivity contribution in [1.29, 1.82) is 0 Å². The largest absolute Gasteiger partial charge is 0.321 e. The second kappa shape index (κ2) is 6.49. The molecule has 0 radical (unpaired) electrons. The molecule has 1 aliphatic carbocycles. The minimum absolute atomic E-state index is 0.110. The minimum Gasteiger partial charge on any atom is -0.321 e. The Kier molecular flexibility index (Phi) is 4.65. The lowest BCUT2D eigenvalue weighted by molar-refractivity contribution is -0.128. The van der Waals surface area contributed by atoms with Crippen LogP contribution in [0, 0.1) is 18.8 Å². The molecule has 1 amide bonds. The molecule has 1 saturated heterocycles. The van der Waals surface area contributed by atoms with Crippen LogP contribution in [-0.2, 0) is 4.79 Å². The number of aryl methyl sites for hydroxylation is 1. The van der Waals surface area contributed by atoms with E-state index in [-0.39, 0.29) is 12.1 Å². The van der Waals surface area contributed by atoms with Gasteiger partial charge in [0.05, 0.1) is 6.54 Å². The molecule has 1 aliphatic heterocycles. The number of amides is 1. The third kappa shape index (κ3) is 3.49. The first-order chi connectivity index (χ1) is 10.1. The molecule has 0 aromatic carbocycles. The number of nitrogens with one attached hydrogen (secondary N) is 1. The zero-order chi connectivity index (χ0) is 14.8. The summed E-state index contributed by atoms with van der Waals surface area (Å²) in [5.41, 5.74) is 0. The topological polar surface area (TPSA) is 32.3 Å². The van der Waals surface area contributed by atoms with Crippen LogP contribution in [-0.4, -0.2) is 23.9 Å². The van der Waals surface area contributed by atoms with E-state index >= 15 is 0 Å². The number of rotatable bonds is 4. The molecule has 1 atom stereocenters. The number of thiophene rings is 1. The van der Waals surface area contributed by atoms with Gasteiger partial charge in [-0.3, -0.25) is 10.1 Å². The Morgan fingerprint density at radius 2 is 2.05 bits per heavy atom. The molecule has 1 unspecified atom stereocenters. The molecule has 1 saturated carbocycles. The van der Waals surface area contributed by atoms with Gasteiger partial charge in [-0.15, -0.1) is 11.3 Å². The van der Waals surface area contributed by atoms with Crippen LogP contribution in [0.1, 0.15) is 54.9 Å². The van der Waals surface area contributed by atoms with Gasteiger partial charge in [-0.1, -0.05) is 32.6 Å². The fraction of sp³-hybridized carbons (Fsp3) is 0.706. The number of carbonyl (C=O) groups is 1. The molecule has 2 heterocycles. The predicted molar refractivity (Wildman–Crippen MR) is 87.3 cm³/mol. The minimum atomic E-state index is 0.110. The average molecular weight is 306 g/mol. The molecule has 1 aromatic rings. The lowest BCUT2D eigenvalue weighted by Gasteiger charge is -2.29. The second-order valence-corrected chi connectivity index (χ2v) is 8.05. The Morgan fingerprint density at radius 3 is 2.71 bits per heavy atom. The highest BCUT2D eigenvalue weighted by Gasteiger charge is 2.32. The number of carbonyl (C=O) groups excluding carboxylic acids is 1. The Morgan fingerprint density at radius 1 is 1.29 bits per heavy atom. The average Bonchev–Trinajstić information content (AvgIpc) is 3.05. The van der Waals surface area contributed by atoms with Crippen LogP contribution in [0.2, 0.25) is 0 Å². The van der Waals surface area contributed by atoms with Gasteiger partial charge in [-0.25, -0.2) is 0 Å². The first-order valence-electron chi connectivity index (χ1n) is 8.22. The summed E-state index contributed by atoms with van der Waals surface area (Å²) >= 11 is 1.80. The highest BCUT2D eigenvalue weighted by Crippen LogP contribution is 2.33. The van der Waals surface area contributed by atoms with Crippen LogP contribution in [0.3, 0.4) is 0 Å². The van der Waals surface area contributed by atoms with Crippen LogP contribution in [0.25, 0.3) is 0 Å². The van der Waals surface area contributed by atoms with Crippen LogP contribution in [0.5, 0.6) is 0 Å².